The van der Waals surface area contributed by atoms with Gasteiger partial charge in [-0.15, -0.1) is 0 Å². The quantitative estimate of drug-likeness (QED) is 0.724. The van der Waals surface area contributed by atoms with Gasteiger partial charge in [0.25, 0.3) is 5.91 Å². The lowest BCUT2D eigenvalue weighted by Gasteiger charge is -2.10. The fourth-order valence-electron chi connectivity index (χ4n) is 1.76. The molecule has 0 atom stereocenters. The zero-order valence-electron chi connectivity index (χ0n) is 12.4. The van der Waals surface area contributed by atoms with Crippen molar-refractivity contribution in [2.75, 3.05) is 20.2 Å². The number of rotatable bonds is 8. The fourth-order valence-corrected chi connectivity index (χ4v) is 1.93. The molecule has 21 heavy (non-hydrogen) atoms. The third-order valence-electron chi connectivity index (χ3n) is 2.90. The molecular weight excluding hydrogens is 292 g/mol. The van der Waals surface area contributed by atoms with Crippen molar-refractivity contribution in [1.29, 1.82) is 0 Å². The van der Waals surface area contributed by atoms with Crippen LogP contribution in [0.4, 0.5) is 0 Å². The number of benzene rings is 1. The van der Waals surface area contributed by atoms with Crippen molar-refractivity contribution >= 4 is 23.4 Å². The normalized spacial score (nSPS) is 10.0. The van der Waals surface area contributed by atoms with Crippen molar-refractivity contribution in [3.05, 3.63) is 28.8 Å². The van der Waals surface area contributed by atoms with Gasteiger partial charge in [-0.25, -0.2) is 0 Å². The van der Waals surface area contributed by atoms with Crippen molar-refractivity contribution in [2.24, 2.45) is 0 Å². The van der Waals surface area contributed by atoms with Gasteiger partial charge in [0.05, 0.1) is 12.7 Å². The summed E-state index contributed by atoms with van der Waals surface area (Å²) in [6.45, 7) is 2.79. The van der Waals surface area contributed by atoms with E-state index in [-0.39, 0.29) is 11.8 Å². The van der Waals surface area contributed by atoms with Crippen LogP contribution in [-0.4, -0.2) is 32.0 Å². The van der Waals surface area contributed by atoms with Crippen LogP contribution in [0.25, 0.3) is 0 Å². The molecule has 0 radical (unpaired) electrons. The highest BCUT2D eigenvalue weighted by Gasteiger charge is 2.12. The van der Waals surface area contributed by atoms with Gasteiger partial charge in [0.2, 0.25) is 5.91 Å². The average molecular weight is 313 g/mol. The van der Waals surface area contributed by atoms with Crippen LogP contribution >= 0.6 is 11.6 Å². The predicted molar refractivity (Wildman–Crippen MR) is 82.9 cm³/mol. The van der Waals surface area contributed by atoms with Crippen molar-refractivity contribution in [2.45, 2.75) is 26.2 Å². The summed E-state index contributed by atoms with van der Waals surface area (Å²) in [7, 11) is 1.49. The molecule has 0 unspecified atom stereocenters. The van der Waals surface area contributed by atoms with Gasteiger partial charge >= 0.3 is 0 Å². The minimum Gasteiger partial charge on any atom is -0.496 e. The number of amides is 2. The molecule has 1 rings (SSSR count). The lowest BCUT2D eigenvalue weighted by Crippen LogP contribution is -2.34. The van der Waals surface area contributed by atoms with E-state index in [0.29, 0.717) is 35.8 Å². The van der Waals surface area contributed by atoms with Crippen LogP contribution in [0, 0.1) is 0 Å². The van der Waals surface area contributed by atoms with Crippen molar-refractivity contribution < 1.29 is 14.3 Å². The first-order valence-electron chi connectivity index (χ1n) is 6.97. The molecule has 5 nitrogen and oxygen atoms in total. The Balaban J connectivity index is 2.41. The molecular formula is C15H21ClN2O3. The van der Waals surface area contributed by atoms with Crippen LogP contribution in [0.5, 0.6) is 5.75 Å². The van der Waals surface area contributed by atoms with Crippen molar-refractivity contribution in [1.82, 2.24) is 10.6 Å². The van der Waals surface area contributed by atoms with E-state index >= 15 is 0 Å². The standard InChI is InChI=1S/C15H21ClN2O3/c1-3-4-5-14(19)17-8-9-18-15(20)12-10-11(16)6-7-13(12)21-2/h6-7,10H,3-5,8-9H2,1-2H3,(H,17,19)(H,18,20). The van der Waals surface area contributed by atoms with E-state index in [4.69, 9.17) is 16.3 Å². The number of hydrogen-bond acceptors (Lipinski definition) is 3. The first kappa shape index (κ1) is 17.3. The molecule has 1 aromatic carbocycles. The average Bonchev–Trinajstić information content (AvgIpc) is 2.49. The van der Waals surface area contributed by atoms with Crippen LogP contribution in [0.3, 0.4) is 0 Å². The molecule has 0 saturated carbocycles. The van der Waals surface area contributed by atoms with Crippen LogP contribution < -0.4 is 15.4 Å². The third kappa shape index (κ3) is 6.04. The Labute approximate surface area is 130 Å². The van der Waals surface area contributed by atoms with E-state index in [1.54, 1.807) is 18.2 Å². The molecule has 2 N–H and O–H groups in total. The summed E-state index contributed by atoms with van der Waals surface area (Å²) in [4.78, 5) is 23.4. The number of methoxy groups -OCH3 is 1. The molecule has 2 amide bonds. The third-order valence-corrected chi connectivity index (χ3v) is 3.13. The molecule has 0 aliphatic carbocycles. The van der Waals surface area contributed by atoms with E-state index in [2.05, 4.69) is 10.6 Å². The maximum absolute atomic E-state index is 12.0. The van der Waals surface area contributed by atoms with Gasteiger partial charge in [-0.3, -0.25) is 9.59 Å². The van der Waals surface area contributed by atoms with E-state index in [1.807, 2.05) is 6.92 Å². The number of unbranched alkanes of at least 4 members (excludes halogenated alkanes) is 1. The van der Waals surface area contributed by atoms with Gasteiger partial charge in [0.15, 0.2) is 0 Å². The largest absolute Gasteiger partial charge is 0.496 e. The summed E-state index contributed by atoms with van der Waals surface area (Å²) in [6, 6.07) is 4.85. The molecule has 0 aliphatic rings. The second kappa shape index (κ2) is 9.23. The van der Waals surface area contributed by atoms with Crippen molar-refractivity contribution in [3.63, 3.8) is 0 Å². The Kier molecular flexibility index (Phi) is 7.61. The summed E-state index contributed by atoms with van der Waals surface area (Å²) in [6.07, 6.45) is 2.38. The zero-order chi connectivity index (χ0) is 15.7. The summed E-state index contributed by atoms with van der Waals surface area (Å²) < 4.78 is 5.12. The minimum absolute atomic E-state index is 0.00596. The van der Waals surface area contributed by atoms with Gasteiger partial charge in [0, 0.05) is 24.5 Å². The Bertz CT molecular complexity index is 492. The van der Waals surface area contributed by atoms with Gasteiger partial charge in [-0.1, -0.05) is 24.9 Å². The monoisotopic (exact) mass is 312 g/mol. The van der Waals surface area contributed by atoms with Gasteiger partial charge in [0.1, 0.15) is 5.75 Å². The van der Waals surface area contributed by atoms with Crippen LogP contribution in [0.1, 0.15) is 36.5 Å². The number of nitrogens with one attached hydrogen (secondary N) is 2. The molecule has 0 fully saturated rings. The summed E-state index contributed by atoms with van der Waals surface area (Å²) in [5.74, 6) is 0.187. The SMILES string of the molecule is CCCCC(=O)NCCNC(=O)c1cc(Cl)ccc1OC. The molecule has 0 aliphatic heterocycles. The Hall–Kier alpha value is -1.75. The minimum atomic E-state index is -0.280. The molecule has 0 heterocycles. The lowest BCUT2D eigenvalue weighted by atomic mass is 10.2. The summed E-state index contributed by atoms with van der Waals surface area (Å²) in [5.41, 5.74) is 0.377. The fraction of sp³-hybridized carbons (Fsp3) is 0.467. The molecule has 1 aromatic rings. The second-order valence-electron chi connectivity index (χ2n) is 4.55. The van der Waals surface area contributed by atoms with Gasteiger partial charge < -0.3 is 15.4 Å². The molecule has 0 bridgehead atoms. The number of hydrogen-bond donors (Lipinski definition) is 2. The smallest absolute Gasteiger partial charge is 0.255 e. The van der Waals surface area contributed by atoms with Gasteiger partial charge in [-0.05, 0) is 24.6 Å². The molecule has 0 aromatic heterocycles. The summed E-state index contributed by atoms with van der Waals surface area (Å²) >= 11 is 5.88. The first-order valence-corrected chi connectivity index (χ1v) is 7.34. The maximum atomic E-state index is 12.0. The molecule has 6 heteroatoms. The Morgan fingerprint density at radius 1 is 1.24 bits per heavy atom. The van der Waals surface area contributed by atoms with Crippen LogP contribution in [-0.2, 0) is 4.79 Å². The molecule has 0 saturated heterocycles. The Morgan fingerprint density at radius 3 is 2.62 bits per heavy atom. The topological polar surface area (TPSA) is 67.4 Å². The predicted octanol–water partition coefficient (Wildman–Crippen LogP) is 2.38. The highest BCUT2D eigenvalue weighted by atomic mass is 35.5. The van der Waals surface area contributed by atoms with Crippen molar-refractivity contribution in [3.8, 4) is 5.75 Å². The van der Waals surface area contributed by atoms with Crippen LogP contribution in [0.2, 0.25) is 5.02 Å². The van der Waals surface area contributed by atoms with E-state index in [1.165, 1.54) is 7.11 Å². The number of halogens is 1. The molecule has 116 valence electrons. The lowest BCUT2D eigenvalue weighted by molar-refractivity contribution is -0.121. The van der Waals surface area contributed by atoms with E-state index in [9.17, 15) is 9.59 Å². The highest BCUT2D eigenvalue weighted by Crippen LogP contribution is 2.22. The summed E-state index contributed by atoms with van der Waals surface area (Å²) in [5, 5.41) is 5.94. The first-order chi connectivity index (χ1) is 10.1. The second-order valence-corrected chi connectivity index (χ2v) is 4.99. The highest BCUT2D eigenvalue weighted by molar-refractivity contribution is 6.31. The molecule has 0 spiro atoms. The number of carbonyl (C=O) groups excluding carboxylic acids is 2. The number of carbonyl (C=O) groups is 2. The van der Waals surface area contributed by atoms with E-state index < -0.39 is 0 Å². The number of ether oxygens (including phenoxy) is 1. The van der Waals surface area contributed by atoms with Gasteiger partial charge in [-0.2, -0.15) is 0 Å². The van der Waals surface area contributed by atoms with E-state index in [0.717, 1.165) is 12.8 Å². The zero-order valence-corrected chi connectivity index (χ0v) is 13.1. The maximum Gasteiger partial charge on any atom is 0.255 e. The Morgan fingerprint density at radius 2 is 1.95 bits per heavy atom. The van der Waals surface area contributed by atoms with Crippen LogP contribution in [0.15, 0.2) is 18.2 Å².